The lowest BCUT2D eigenvalue weighted by Crippen LogP contribution is -2.36. The molecule has 1 fully saturated rings. The maximum atomic E-state index is 5.07. The molecule has 2 rings (SSSR count). The molecule has 1 saturated heterocycles. The first-order chi connectivity index (χ1) is 8.33. The third-order valence-electron chi connectivity index (χ3n) is 3.35. The average molecular weight is 235 g/mol. The van der Waals surface area contributed by atoms with Crippen LogP contribution in [-0.2, 0) is 6.54 Å². The van der Waals surface area contributed by atoms with Crippen molar-refractivity contribution in [2.45, 2.75) is 25.9 Å². The molecule has 1 unspecified atom stereocenters. The first kappa shape index (κ1) is 12.3. The van der Waals surface area contributed by atoms with Crippen molar-refractivity contribution in [1.29, 1.82) is 0 Å². The van der Waals surface area contributed by atoms with E-state index in [0.29, 0.717) is 11.9 Å². The Bertz CT molecular complexity index is 333. The monoisotopic (exact) mass is 235 g/mol. The first-order valence-corrected chi connectivity index (χ1v) is 6.27. The molecule has 0 radical (unpaired) electrons. The first-order valence-electron chi connectivity index (χ1n) is 6.27. The number of methoxy groups -OCH3 is 1. The minimum Gasteiger partial charge on any atom is -0.481 e. The van der Waals surface area contributed by atoms with E-state index >= 15 is 0 Å². The van der Waals surface area contributed by atoms with Gasteiger partial charge in [0.05, 0.1) is 7.11 Å². The van der Waals surface area contributed by atoms with Crippen LogP contribution >= 0.6 is 0 Å². The zero-order valence-electron chi connectivity index (χ0n) is 10.6. The van der Waals surface area contributed by atoms with Gasteiger partial charge in [-0.05, 0) is 25.1 Å². The van der Waals surface area contributed by atoms with Gasteiger partial charge in [-0.1, -0.05) is 13.0 Å². The topological polar surface area (TPSA) is 37.4 Å². The molecule has 0 amide bonds. The van der Waals surface area contributed by atoms with Crippen molar-refractivity contribution in [3.8, 4) is 5.88 Å². The maximum Gasteiger partial charge on any atom is 0.212 e. The number of hydrogen-bond donors (Lipinski definition) is 1. The third-order valence-corrected chi connectivity index (χ3v) is 3.35. The van der Waals surface area contributed by atoms with Crippen LogP contribution in [0.3, 0.4) is 0 Å². The molecular weight excluding hydrogens is 214 g/mol. The van der Waals surface area contributed by atoms with E-state index in [1.54, 1.807) is 7.11 Å². The summed E-state index contributed by atoms with van der Waals surface area (Å²) in [5.74, 6) is 0.680. The maximum absolute atomic E-state index is 5.07. The van der Waals surface area contributed by atoms with E-state index in [0.717, 1.165) is 26.2 Å². The predicted octanol–water partition coefficient (Wildman–Crippen LogP) is 1.27. The van der Waals surface area contributed by atoms with Gasteiger partial charge in [0.1, 0.15) is 0 Å². The van der Waals surface area contributed by atoms with Crippen LogP contribution in [0.25, 0.3) is 0 Å². The van der Waals surface area contributed by atoms with Crippen molar-refractivity contribution in [2.75, 3.05) is 26.7 Å². The fraction of sp³-hybridized carbons (Fsp3) is 0.615. The minimum absolute atomic E-state index is 0.669. The molecule has 0 aliphatic carbocycles. The summed E-state index contributed by atoms with van der Waals surface area (Å²) in [7, 11) is 1.64. The number of aromatic nitrogens is 1. The Kier molecular flexibility index (Phi) is 4.34. The largest absolute Gasteiger partial charge is 0.481 e. The Morgan fingerprint density at radius 1 is 1.53 bits per heavy atom. The summed E-state index contributed by atoms with van der Waals surface area (Å²) in [6.45, 7) is 6.52. The molecule has 1 aromatic rings. The number of nitrogens with zero attached hydrogens (tertiary/aromatic N) is 2. The normalized spacial score (nSPS) is 19.8. The van der Waals surface area contributed by atoms with Crippen molar-refractivity contribution in [2.24, 2.45) is 0 Å². The number of nitrogens with one attached hydrogen (secondary N) is 1. The second-order valence-corrected chi connectivity index (χ2v) is 4.42. The van der Waals surface area contributed by atoms with Crippen LogP contribution in [0, 0.1) is 0 Å². The standard InChI is InChI=1S/C13H21N3O/c1-3-16(12-6-7-14-9-12)10-11-4-5-13(17-2)15-8-11/h4-5,8,12,14H,3,6-7,9-10H2,1-2H3. The van der Waals surface area contributed by atoms with Crippen LogP contribution in [0.5, 0.6) is 5.88 Å². The van der Waals surface area contributed by atoms with Crippen molar-refractivity contribution in [3.63, 3.8) is 0 Å². The molecule has 0 bridgehead atoms. The van der Waals surface area contributed by atoms with Crippen molar-refractivity contribution in [3.05, 3.63) is 23.9 Å². The summed E-state index contributed by atoms with van der Waals surface area (Å²) in [5.41, 5.74) is 1.25. The number of ether oxygens (including phenoxy) is 1. The molecule has 0 spiro atoms. The van der Waals surface area contributed by atoms with Gasteiger partial charge in [0, 0.05) is 31.4 Å². The van der Waals surface area contributed by atoms with E-state index in [1.807, 2.05) is 12.3 Å². The third kappa shape index (κ3) is 3.17. The molecule has 1 aliphatic rings. The fourth-order valence-electron chi connectivity index (χ4n) is 2.31. The van der Waals surface area contributed by atoms with Gasteiger partial charge < -0.3 is 10.1 Å². The van der Waals surface area contributed by atoms with Crippen molar-refractivity contribution in [1.82, 2.24) is 15.2 Å². The molecule has 0 saturated carbocycles. The van der Waals surface area contributed by atoms with Crippen LogP contribution in [0.4, 0.5) is 0 Å². The van der Waals surface area contributed by atoms with E-state index in [9.17, 15) is 0 Å². The SMILES string of the molecule is CCN(Cc1ccc(OC)nc1)C1CCNC1. The van der Waals surface area contributed by atoms with E-state index in [1.165, 1.54) is 12.0 Å². The van der Waals surface area contributed by atoms with E-state index in [2.05, 4.69) is 28.2 Å². The highest BCUT2D eigenvalue weighted by Crippen LogP contribution is 2.14. The van der Waals surface area contributed by atoms with Gasteiger partial charge in [0.15, 0.2) is 0 Å². The van der Waals surface area contributed by atoms with Gasteiger partial charge in [0.25, 0.3) is 0 Å². The van der Waals surface area contributed by atoms with Gasteiger partial charge in [-0.3, -0.25) is 4.90 Å². The Balaban J connectivity index is 1.96. The van der Waals surface area contributed by atoms with Crippen LogP contribution in [0.15, 0.2) is 18.3 Å². The molecular formula is C13H21N3O. The van der Waals surface area contributed by atoms with Gasteiger partial charge in [-0.25, -0.2) is 4.98 Å². The Hall–Kier alpha value is -1.13. The van der Waals surface area contributed by atoms with Crippen LogP contribution < -0.4 is 10.1 Å². The van der Waals surface area contributed by atoms with Gasteiger partial charge in [-0.15, -0.1) is 0 Å². The summed E-state index contributed by atoms with van der Waals surface area (Å²) >= 11 is 0. The van der Waals surface area contributed by atoms with Gasteiger partial charge >= 0.3 is 0 Å². The molecule has 1 N–H and O–H groups in total. The zero-order chi connectivity index (χ0) is 12.1. The summed E-state index contributed by atoms with van der Waals surface area (Å²) in [6, 6.07) is 4.69. The van der Waals surface area contributed by atoms with E-state index in [4.69, 9.17) is 4.74 Å². The second-order valence-electron chi connectivity index (χ2n) is 4.42. The Labute approximate surface area is 103 Å². The lowest BCUT2D eigenvalue weighted by Gasteiger charge is -2.26. The number of pyridine rings is 1. The van der Waals surface area contributed by atoms with Crippen molar-refractivity contribution < 1.29 is 4.74 Å². The second kappa shape index (κ2) is 5.98. The molecule has 17 heavy (non-hydrogen) atoms. The molecule has 2 heterocycles. The average Bonchev–Trinajstić information content (AvgIpc) is 2.90. The van der Waals surface area contributed by atoms with Crippen LogP contribution in [-0.4, -0.2) is 42.7 Å². The summed E-state index contributed by atoms with van der Waals surface area (Å²) in [4.78, 5) is 6.75. The number of hydrogen-bond acceptors (Lipinski definition) is 4. The molecule has 94 valence electrons. The number of likely N-dealkylation sites (N-methyl/N-ethyl adjacent to an activating group) is 1. The molecule has 1 aromatic heterocycles. The molecule has 1 atom stereocenters. The zero-order valence-corrected chi connectivity index (χ0v) is 10.6. The highest BCUT2D eigenvalue weighted by Gasteiger charge is 2.20. The summed E-state index contributed by atoms with van der Waals surface area (Å²) in [6.07, 6.45) is 3.15. The lowest BCUT2D eigenvalue weighted by atomic mass is 10.2. The highest BCUT2D eigenvalue weighted by molar-refractivity contribution is 5.17. The van der Waals surface area contributed by atoms with Gasteiger partial charge in [-0.2, -0.15) is 0 Å². The number of rotatable bonds is 5. The Morgan fingerprint density at radius 3 is 2.94 bits per heavy atom. The molecule has 0 aromatic carbocycles. The predicted molar refractivity (Wildman–Crippen MR) is 68.1 cm³/mol. The van der Waals surface area contributed by atoms with E-state index < -0.39 is 0 Å². The quantitative estimate of drug-likeness (QED) is 0.834. The van der Waals surface area contributed by atoms with Gasteiger partial charge in [0.2, 0.25) is 5.88 Å². The highest BCUT2D eigenvalue weighted by atomic mass is 16.5. The molecule has 4 nitrogen and oxygen atoms in total. The van der Waals surface area contributed by atoms with E-state index in [-0.39, 0.29) is 0 Å². The van der Waals surface area contributed by atoms with Crippen molar-refractivity contribution >= 4 is 0 Å². The molecule has 1 aliphatic heterocycles. The Morgan fingerprint density at radius 2 is 2.41 bits per heavy atom. The summed E-state index contributed by atoms with van der Waals surface area (Å²) < 4.78 is 5.07. The summed E-state index contributed by atoms with van der Waals surface area (Å²) in [5, 5.41) is 3.41. The van der Waals surface area contributed by atoms with Crippen LogP contribution in [0.2, 0.25) is 0 Å². The minimum atomic E-state index is 0.669. The molecule has 4 heteroatoms. The lowest BCUT2D eigenvalue weighted by molar-refractivity contribution is 0.210. The smallest absolute Gasteiger partial charge is 0.212 e. The van der Waals surface area contributed by atoms with Crippen LogP contribution in [0.1, 0.15) is 18.9 Å². The fourth-order valence-corrected chi connectivity index (χ4v) is 2.31.